The van der Waals surface area contributed by atoms with E-state index >= 15 is 0 Å². The van der Waals surface area contributed by atoms with Gasteiger partial charge in [-0.1, -0.05) is 0 Å². The Morgan fingerprint density at radius 1 is 1.31 bits per heavy atom. The minimum Gasteiger partial charge on any atom is -0.377 e. The number of hydrogen-bond donors (Lipinski definition) is 0. The predicted molar refractivity (Wildman–Crippen MR) is 94.8 cm³/mol. The fraction of sp³-hybridized carbons (Fsp3) is 0.647. The number of nitrogens with zero attached hydrogens (tertiary/aromatic N) is 6. The summed E-state index contributed by atoms with van der Waals surface area (Å²) in [6, 6.07) is 0. The molecule has 1 atom stereocenters. The molecule has 0 N–H and O–H groups in total. The average Bonchev–Trinajstić information content (AvgIpc) is 3.32. The van der Waals surface area contributed by atoms with Crippen LogP contribution in [0.25, 0.3) is 11.0 Å². The summed E-state index contributed by atoms with van der Waals surface area (Å²) in [5.74, 6) is 1.62. The molecule has 2 fully saturated rings. The highest BCUT2D eigenvalue weighted by molar-refractivity contribution is 5.87. The Morgan fingerprint density at radius 2 is 2.12 bits per heavy atom. The van der Waals surface area contributed by atoms with Crippen molar-refractivity contribution in [1.29, 1.82) is 0 Å². The molecule has 0 aromatic carbocycles. The van der Waals surface area contributed by atoms with Crippen LogP contribution in [-0.4, -0.2) is 76.6 Å². The molecule has 0 saturated carbocycles. The first-order valence-electron chi connectivity index (χ1n) is 9.00. The van der Waals surface area contributed by atoms with Crippen LogP contribution in [0.2, 0.25) is 0 Å². The third-order valence-corrected chi connectivity index (χ3v) is 4.99. The highest BCUT2D eigenvalue weighted by Gasteiger charge is 2.31. The number of carbonyl (C=O) groups excluding carboxylic acids is 1. The van der Waals surface area contributed by atoms with Gasteiger partial charge in [-0.15, -0.1) is 0 Å². The van der Waals surface area contributed by atoms with Crippen molar-refractivity contribution < 1.29 is 14.3 Å². The number of rotatable bonds is 4. The highest BCUT2D eigenvalue weighted by Crippen LogP contribution is 2.25. The third-order valence-electron chi connectivity index (χ3n) is 4.99. The van der Waals surface area contributed by atoms with E-state index in [1.807, 2.05) is 11.9 Å². The van der Waals surface area contributed by atoms with Crippen LogP contribution in [0, 0.1) is 0 Å². The maximum Gasteiger partial charge on any atom is 0.251 e. The van der Waals surface area contributed by atoms with E-state index < -0.39 is 0 Å². The second-order valence-electron chi connectivity index (χ2n) is 6.72. The highest BCUT2D eigenvalue weighted by atomic mass is 16.5. The zero-order valence-electron chi connectivity index (χ0n) is 15.2. The number of amides is 1. The molecule has 2 aliphatic heterocycles. The van der Waals surface area contributed by atoms with Crippen LogP contribution < -0.4 is 4.90 Å². The maximum absolute atomic E-state index is 12.5. The van der Waals surface area contributed by atoms with Crippen molar-refractivity contribution in [3.8, 4) is 0 Å². The van der Waals surface area contributed by atoms with Crippen molar-refractivity contribution in [2.45, 2.75) is 25.6 Å². The van der Waals surface area contributed by atoms with Crippen molar-refractivity contribution in [3.05, 3.63) is 12.0 Å². The molecular formula is C17H24N6O3. The summed E-state index contributed by atoms with van der Waals surface area (Å²) in [4.78, 5) is 25.8. The minimum atomic E-state index is -0.251. The van der Waals surface area contributed by atoms with Gasteiger partial charge in [-0.05, 0) is 12.8 Å². The molecule has 4 heterocycles. The van der Waals surface area contributed by atoms with Gasteiger partial charge in [-0.3, -0.25) is 9.48 Å². The first-order valence-corrected chi connectivity index (χ1v) is 9.00. The van der Waals surface area contributed by atoms with Crippen molar-refractivity contribution in [1.82, 2.24) is 24.6 Å². The number of piperazine rings is 1. The van der Waals surface area contributed by atoms with E-state index in [0.717, 1.165) is 42.8 Å². The first-order chi connectivity index (χ1) is 12.7. The maximum atomic E-state index is 12.5. The van der Waals surface area contributed by atoms with Gasteiger partial charge in [-0.25, -0.2) is 9.97 Å². The van der Waals surface area contributed by atoms with E-state index in [1.54, 1.807) is 18.0 Å². The number of ether oxygens (including phenoxy) is 2. The normalized spacial score (nSPS) is 20.9. The molecule has 1 unspecified atom stereocenters. The van der Waals surface area contributed by atoms with E-state index in [9.17, 15) is 4.79 Å². The van der Waals surface area contributed by atoms with E-state index in [0.29, 0.717) is 32.1 Å². The minimum absolute atomic E-state index is 0.122. The van der Waals surface area contributed by atoms with Gasteiger partial charge in [0.25, 0.3) is 5.91 Å². The Balaban J connectivity index is 1.52. The summed E-state index contributed by atoms with van der Waals surface area (Å²) >= 11 is 0. The van der Waals surface area contributed by atoms with Crippen LogP contribution in [0.4, 0.5) is 5.82 Å². The van der Waals surface area contributed by atoms with Gasteiger partial charge in [0, 0.05) is 46.9 Å². The second kappa shape index (κ2) is 7.16. The van der Waals surface area contributed by atoms with Crippen molar-refractivity contribution in [3.63, 3.8) is 0 Å². The monoisotopic (exact) mass is 360 g/mol. The van der Waals surface area contributed by atoms with Gasteiger partial charge < -0.3 is 19.3 Å². The summed E-state index contributed by atoms with van der Waals surface area (Å²) in [5.41, 5.74) is 0.792. The number of aromatic nitrogens is 4. The van der Waals surface area contributed by atoms with Gasteiger partial charge in [0.05, 0.1) is 11.6 Å². The van der Waals surface area contributed by atoms with Gasteiger partial charge in [-0.2, -0.15) is 5.10 Å². The molecule has 2 aliphatic rings. The smallest absolute Gasteiger partial charge is 0.251 e. The molecule has 4 rings (SSSR count). The topological polar surface area (TPSA) is 85.6 Å². The summed E-state index contributed by atoms with van der Waals surface area (Å²) in [7, 11) is 3.50. The van der Waals surface area contributed by atoms with Crippen LogP contribution in [0.15, 0.2) is 6.20 Å². The van der Waals surface area contributed by atoms with Gasteiger partial charge in [0.1, 0.15) is 18.5 Å². The Bertz CT molecular complexity index is 793. The first kappa shape index (κ1) is 17.2. The Kier molecular flexibility index (Phi) is 4.73. The summed E-state index contributed by atoms with van der Waals surface area (Å²) in [5, 5.41) is 5.24. The lowest BCUT2D eigenvalue weighted by Gasteiger charge is -2.36. The number of hydrogen-bond acceptors (Lipinski definition) is 7. The Morgan fingerprint density at radius 3 is 2.81 bits per heavy atom. The molecule has 9 heteroatoms. The lowest BCUT2D eigenvalue weighted by atomic mass is 10.2. The van der Waals surface area contributed by atoms with E-state index in [-0.39, 0.29) is 12.0 Å². The van der Waals surface area contributed by atoms with Crippen LogP contribution >= 0.6 is 0 Å². The van der Waals surface area contributed by atoms with Gasteiger partial charge >= 0.3 is 0 Å². The number of anilines is 1. The standard InChI is InChI=1S/C17H24N6O3/c1-21-15-12(10-18-21)16(20-14(19-15)11-25-2)22-5-7-23(8-6-22)17(24)13-4-3-9-26-13/h10,13H,3-9,11H2,1-2H3. The summed E-state index contributed by atoms with van der Waals surface area (Å²) < 4.78 is 12.5. The lowest BCUT2D eigenvalue weighted by Crippen LogP contribution is -2.51. The quantitative estimate of drug-likeness (QED) is 0.777. The predicted octanol–water partition coefficient (Wildman–Crippen LogP) is 0.337. The van der Waals surface area contributed by atoms with Crippen LogP contribution in [-0.2, 0) is 27.9 Å². The zero-order valence-corrected chi connectivity index (χ0v) is 15.2. The molecule has 0 spiro atoms. The summed E-state index contributed by atoms with van der Waals surface area (Å²) in [6.45, 7) is 3.84. The molecule has 0 radical (unpaired) electrons. The molecule has 0 bridgehead atoms. The molecule has 9 nitrogen and oxygen atoms in total. The molecule has 2 saturated heterocycles. The molecular weight excluding hydrogens is 336 g/mol. The van der Waals surface area contributed by atoms with Crippen molar-refractivity contribution in [2.24, 2.45) is 7.05 Å². The molecule has 1 amide bonds. The Labute approximate surface area is 151 Å². The van der Waals surface area contributed by atoms with E-state index in [2.05, 4.69) is 20.0 Å². The molecule has 26 heavy (non-hydrogen) atoms. The number of methoxy groups -OCH3 is 1. The second-order valence-corrected chi connectivity index (χ2v) is 6.72. The van der Waals surface area contributed by atoms with Crippen LogP contribution in [0.3, 0.4) is 0 Å². The molecule has 2 aromatic heterocycles. The zero-order chi connectivity index (χ0) is 18.1. The van der Waals surface area contributed by atoms with Crippen molar-refractivity contribution >= 4 is 22.8 Å². The number of fused-ring (bicyclic) bond motifs is 1. The Hall–Kier alpha value is -2.26. The van der Waals surface area contributed by atoms with Crippen LogP contribution in [0.5, 0.6) is 0 Å². The number of aryl methyl sites for hydroxylation is 1. The summed E-state index contributed by atoms with van der Waals surface area (Å²) in [6.07, 6.45) is 3.35. The van der Waals surface area contributed by atoms with Gasteiger partial charge in [0.15, 0.2) is 11.5 Å². The SMILES string of the molecule is COCc1nc(N2CCN(C(=O)C3CCCO3)CC2)c2cnn(C)c2n1. The fourth-order valence-electron chi connectivity index (χ4n) is 3.60. The van der Waals surface area contributed by atoms with Crippen LogP contribution in [0.1, 0.15) is 18.7 Å². The van der Waals surface area contributed by atoms with Crippen molar-refractivity contribution in [2.75, 3.05) is 44.8 Å². The molecule has 2 aromatic rings. The van der Waals surface area contributed by atoms with E-state index in [4.69, 9.17) is 9.47 Å². The van der Waals surface area contributed by atoms with Gasteiger partial charge in [0.2, 0.25) is 0 Å². The molecule has 0 aliphatic carbocycles. The third kappa shape index (κ3) is 3.12. The average molecular weight is 360 g/mol. The number of carbonyl (C=O) groups is 1. The van der Waals surface area contributed by atoms with E-state index in [1.165, 1.54) is 0 Å². The molecule has 140 valence electrons. The fourth-order valence-corrected chi connectivity index (χ4v) is 3.60. The largest absolute Gasteiger partial charge is 0.377 e. The lowest BCUT2D eigenvalue weighted by molar-refractivity contribution is -0.141.